The van der Waals surface area contributed by atoms with E-state index in [4.69, 9.17) is 4.74 Å². The van der Waals surface area contributed by atoms with Gasteiger partial charge in [-0.15, -0.1) is 0 Å². The van der Waals surface area contributed by atoms with Gasteiger partial charge in [-0.3, -0.25) is 9.89 Å². The van der Waals surface area contributed by atoms with Gasteiger partial charge in [0.25, 0.3) is 5.91 Å². The topological polar surface area (TPSA) is 71.1 Å². The number of fused-ring (bicyclic) bond motifs is 1. The van der Waals surface area contributed by atoms with Crippen molar-refractivity contribution in [3.8, 4) is 0 Å². The number of rotatable bonds is 2. The number of methoxy groups -OCH3 is 1. The summed E-state index contributed by atoms with van der Waals surface area (Å²) in [6, 6.07) is 1.87. The number of ether oxygens (including phenoxy) is 1. The summed E-state index contributed by atoms with van der Waals surface area (Å²) < 4.78 is 5.33. The third-order valence-corrected chi connectivity index (χ3v) is 3.91. The molecule has 1 fully saturated rings. The Hall–Kier alpha value is -1.95. The molecule has 1 aliphatic heterocycles. The number of pyridine rings is 1. The third-order valence-electron chi connectivity index (χ3n) is 3.91. The number of aromatic amines is 1. The van der Waals surface area contributed by atoms with Crippen molar-refractivity contribution in [2.75, 3.05) is 20.2 Å². The maximum absolute atomic E-state index is 12.5. The molecule has 6 nitrogen and oxygen atoms in total. The van der Waals surface area contributed by atoms with Crippen LogP contribution in [0.15, 0.2) is 12.3 Å². The largest absolute Gasteiger partial charge is 0.381 e. The van der Waals surface area contributed by atoms with Crippen molar-refractivity contribution in [2.45, 2.75) is 25.9 Å². The van der Waals surface area contributed by atoms with Gasteiger partial charge in [-0.25, -0.2) is 4.98 Å². The van der Waals surface area contributed by atoms with Gasteiger partial charge in [0, 0.05) is 37.5 Å². The average Bonchev–Trinajstić information content (AvgIpc) is 2.87. The Morgan fingerprint density at radius 1 is 1.45 bits per heavy atom. The van der Waals surface area contributed by atoms with Gasteiger partial charge in [-0.1, -0.05) is 0 Å². The minimum Gasteiger partial charge on any atom is -0.381 e. The van der Waals surface area contributed by atoms with E-state index in [1.165, 1.54) is 0 Å². The molecule has 0 unspecified atom stereocenters. The highest BCUT2D eigenvalue weighted by Crippen LogP contribution is 2.18. The van der Waals surface area contributed by atoms with Gasteiger partial charge in [-0.2, -0.15) is 5.10 Å². The highest BCUT2D eigenvalue weighted by Gasteiger charge is 2.24. The quantitative estimate of drug-likeness (QED) is 0.901. The first kappa shape index (κ1) is 13.1. The molecule has 1 aliphatic rings. The second-order valence-corrected chi connectivity index (χ2v) is 5.17. The number of aryl methyl sites for hydroxylation is 1. The number of hydrogen-bond donors (Lipinski definition) is 1. The van der Waals surface area contributed by atoms with Crippen LogP contribution in [0.25, 0.3) is 11.0 Å². The fraction of sp³-hybridized carbons (Fsp3) is 0.500. The fourth-order valence-corrected chi connectivity index (χ4v) is 2.61. The molecule has 0 bridgehead atoms. The van der Waals surface area contributed by atoms with E-state index in [0.29, 0.717) is 11.2 Å². The summed E-state index contributed by atoms with van der Waals surface area (Å²) in [7, 11) is 1.72. The standard InChI is InChI=1S/C14H18N4O2/c1-9-12-7-10(8-15-13(12)17-16-9)14(19)18-5-3-11(20-2)4-6-18/h7-8,11H,3-6H2,1-2H3,(H,15,16,17). The predicted octanol–water partition coefficient (Wildman–Crippen LogP) is 1.52. The Kier molecular flexibility index (Phi) is 3.40. The molecule has 106 valence electrons. The van der Waals surface area contributed by atoms with Crippen LogP contribution in [0.4, 0.5) is 0 Å². The summed E-state index contributed by atoms with van der Waals surface area (Å²) in [4.78, 5) is 18.6. The van der Waals surface area contributed by atoms with Crippen LogP contribution in [0.1, 0.15) is 28.9 Å². The zero-order chi connectivity index (χ0) is 14.1. The Morgan fingerprint density at radius 3 is 2.90 bits per heavy atom. The van der Waals surface area contributed by atoms with Gasteiger partial charge in [0.2, 0.25) is 0 Å². The zero-order valence-corrected chi connectivity index (χ0v) is 11.7. The van der Waals surface area contributed by atoms with E-state index >= 15 is 0 Å². The Labute approximate surface area is 117 Å². The summed E-state index contributed by atoms with van der Waals surface area (Å²) in [5.41, 5.74) is 2.20. The van der Waals surface area contributed by atoms with E-state index in [-0.39, 0.29) is 12.0 Å². The fourth-order valence-electron chi connectivity index (χ4n) is 2.61. The number of nitrogens with zero attached hydrogens (tertiary/aromatic N) is 3. The molecule has 2 aromatic heterocycles. The van der Waals surface area contributed by atoms with Crippen LogP contribution in [0.2, 0.25) is 0 Å². The smallest absolute Gasteiger partial charge is 0.255 e. The van der Waals surface area contributed by atoms with Crippen LogP contribution in [-0.2, 0) is 4.74 Å². The molecule has 0 radical (unpaired) electrons. The van der Waals surface area contributed by atoms with Crippen molar-refractivity contribution in [3.05, 3.63) is 23.5 Å². The maximum Gasteiger partial charge on any atom is 0.255 e. The van der Waals surface area contributed by atoms with Crippen LogP contribution >= 0.6 is 0 Å². The lowest BCUT2D eigenvalue weighted by atomic mass is 10.1. The Bertz CT molecular complexity index is 629. The van der Waals surface area contributed by atoms with Gasteiger partial charge in [0.1, 0.15) is 0 Å². The first-order chi connectivity index (χ1) is 9.69. The summed E-state index contributed by atoms with van der Waals surface area (Å²) >= 11 is 0. The molecule has 0 aromatic carbocycles. The highest BCUT2D eigenvalue weighted by molar-refractivity contribution is 5.97. The summed E-state index contributed by atoms with van der Waals surface area (Å²) in [6.45, 7) is 3.40. The van der Waals surface area contributed by atoms with Crippen molar-refractivity contribution in [3.63, 3.8) is 0 Å². The molecule has 1 saturated heterocycles. The number of piperidine rings is 1. The van der Waals surface area contributed by atoms with Crippen molar-refractivity contribution >= 4 is 16.9 Å². The van der Waals surface area contributed by atoms with Gasteiger partial charge >= 0.3 is 0 Å². The van der Waals surface area contributed by atoms with E-state index in [1.54, 1.807) is 13.3 Å². The molecular formula is C14H18N4O2. The van der Waals surface area contributed by atoms with Crippen molar-refractivity contribution in [1.29, 1.82) is 0 Å². The van der Waals surface area contributed by atoms with Crippen LogP contribution < -0.4 is 0 Å². The number of amides is 1. The molecule has 0 spiro atoms. The number of aromatic nitrogens is 3. The molecule has 1 N–H and O–H groups in total. The number of H-pyrrole nitrogens is 1. The molecule has 3 rings (SSSR count). The zero-order valence-electron chi connectivity index (χ0n) is 11.7. The second kappa shape index (κ2) is 5.20. The Balaban J connectivity index is 1.80. The van der Waals surface area contributed by atoms with Crippen LogP contribution in [0.3, 0.4) is 0 Å². The SMILES string of the molecule is COC1CCN(C(=O)c2cnc3n[nH]c(C)c3c2)CC1. The lowest BCUT2D eigenvalue weighted by Gasteiger charge is -2.31. The van der Waals surface area contributed by atoms with E-state index in [1.807, 2.05) is 17.9 Å². The van der Waals surface area contributed by atoms with Gasteiger partial charge in [0.05, 0.1) is 11.7 Å². The van der Waals surface area contributed by atoms with Crippen LogP contribution in [0, 0.1) is 6.92 Å². The average molecular weight is 274 g/mol. The van der Waals surface area contributed by atoms with Gasteiger partial charge in [0.15, 0.2) is 5.65 Å². The van der Waals surface area contributed by atoms with Crippen LogP contribution in [-0.4, -0.2) is 52.3 Å². The predicted molar refractivity (Wildman–Crippen MR) is 74.6 cm³/mol. The normalized spacial score (nSPS) is 16.8. The second-order valence-electron chi connectivity index (χ2n) is 5.17. The number of likely N-dealkylation sites (tertiary alicyclic amines) is 1. The minimum atomic E-state index is 0.0366. The summed E-state index contributed by atoms with van der Waals surface area (Å²) in [5.74, 6) is 0.0366. The molecule has 6 heteroatoms. The third kappa shape index (κ3) is 2.27. The minimum absolute atomic E-state index is 0.0366. The van der Waals surface area contributed by atoms with E-state index in [0.717, 1.165) is 37.0 Å². The lowest BCUT2D eigenvalue weighted by molar-refractivity contribution is 0.0350. The molecular weight excluding hydrogens is 256 g/mol. The van der Waals surface area contributed by atoms with E-state index in [9.17, 15) is 4.79 Å². The first-order valence-electron chi connectivity index (χ1n) is 6.82. The summed E-state index contributed by atoms with van der Waals surface area (Å²) in [6.07, 6.45) is 3.66. The number of carbonyl (C=O) groups is 1. The molecule has 0 aliphatic carbocycles. The van der Waals surface area contributed by atoms with Crippen molar-refractivity contribution in [2.24, 2.45) is 0 Å². The van der Waals surface area contributed by atoms with Crippen molar-refractivity contribution < 1.29 is 9.53 Å². The van der Waals surface area contributed by atoms with E-state index < -0.39 is 0 Å². The molecule has 1 amide bonds. The Morgan fingerprint density at radius 2 is 2.20 bits per heavy atom. The monoisotopic (exact) mass is 274 g/mol. The van der Waals surface area contributed by atoms with Gasteiger partial charge < -0.3 is 9.64 Å². The number of nitrogens with one attached hydrogen (secondary N) is 1. The molecule has 2 aromatic rings. The van der Waals surface area contributed by atoms with Crippen molar-refractivity contribution in [1.82, 2.24) is 20.1 Å². The van der Waals surface area contributed by atoms with Gasteiger partial charge in [-0.05, 0) is 25.8 Å². The van der Waals surface area contributed by atoms with Crippen LogP contribution in [0.5, 0.6) is 0 Å². The summed E-state index contributed by atoms with van der Waals surface area (Å²) in [5, 5.41) is 7.86. The van der Waals surface area contributed by atoms with E-state index in [2.05, 4.69) is 15.2 Å². The molecule has 3 heterocycles. The molecule has 0 atom stereocenters. The molecule has 20 heavy (non-hydrogen) atoms. The molecule has 0 saturated carbocycles. The number of carbonyl (C=O) groups excluding carboxylic acids is 1. The first-order valence-corrected chi connectivity index (χ1v) is 6.82. The maximum atomic E-state index is 12.5. The lowest BCUT2D eigenvalue weighted by Crippen LogP contribution is -2.40. The number of hydrogen-bond acceptors (Lipinski definition) is 4. The highest BCUT2D eigenvalue weighted by atomic mass is 16.5.